The van der Waals surface area contributed by atoms with Crippen molar-refractivity contribution in [1.29, 1.82) is 0 Å². The first-order valence-corrected chi connectivity index (χ1v) is 7.74. The number of amides is 1. The van der Waals surface area contributed by atoms with Gasteiger partial charge in [-0.2, -0.15) is 0 Å². The van der Waals surface area contributed by atoms with Gasteiger partial charge in [-0.3, -0.25) is 9.59 Å². The Morgan fingerprint density at radius 3 is 2.68 bits per heavy atom. The number of nitrogens with zero attached hydrogens (tertiary/aromatic N) is 1. The highest BCUT2D eigenvalue weighted by Crippen LogP contribution is 2.25. The van der Waals surface area contributed by atoms with E-state index in [1.807, 2.05) is 6.07 Å². The van der Waals surface area contributed by atoms with Gasteiger partial charge in [-0.1, -0.05) is 12.1 Å². The Balaban J connectivity index is 1.74. The fourth-order valence-electron chi connectivity index (χ4n) is 2.67. The first-order valence-electron chi connectivity index (χ1n) is 7.74. The van der Waals surface area contributed by atoms with E-state index in [0.717, 1.165) is 22.8 Å². The van der Waals surface area contributed by atoms with Crippen molar-refractivity contribution in [2.24, 2.45) is 0 Å². The Labute approximate surface area is 144 Å². The lowest BCUT2D eigenvalue weighted by Gasteiger charge is -2.08. The number of benzene rings is 2. The lowest BCUT2D eigenvalue weighted by Crippen LogP contribution is -2.26. The number of rotatable bonds is 6. The molecule has 0 radical (unpaired) electrons. The number of nitrogens with one attached hydrogen (secondary N) is 1. The largest absolute Gasteiger partial charge is 0.497 e. The zero-order chi connectivity index (χ0) is 17.8. The number of fused-ring (bicyclic) bond motifs is 1. The quantitative estimate of drug-likeness (QED) is 0.702. The van der Waals surface area contributed by atoms with Crippen LogP contribution in [-0.2, 0) is 17.9 Å². The lowest BCUT2D eigenvalue weighted by molar-refractivity contribution is -0.121. The molecule has 128 valence electrons. The van der Waals surface area contributed by atoms with Gasteiger partial charge in [-0.25, -0.2) is 4.39 Å². The third-order valence-electron chi connectivity index (χ3n) is 3.96. The molecule has 0 aliphatic carbocycles. The third-order valence-corrected chi connectivity index (χ3v) is 3.96. The van der Waals surface area contributed by atoms with Crippen LogP contribution in [-0.4, -0.2) is 23.9 Å². The van der Waals surface area contributed by atoms with Crippen LogP contribution >= 0.6 is 0 Å². The van der Waals surface area contributed by atoms with E-state index in [9.17, 15) is 14.0 Å². The second-order valence-electron chi connectivity index (χ2n) is 5.62. The molecule has 1 amide bonds. The van der Waals surface area contributed by atoms with E-state index >= 15 is 0 Å². The number of hydrogen-bond acceptors (Lipinski definition) is 3. The summed E-state index contributed by atoms with van der Waals surface area (Å²) in [6, 6.07) is 11.3. The van der Waals surface area contributed by atoms with Crippen LogP contribution in [0.5, 0.6) is 5.75 Å². The van der Waals surface area contributed by atoms with Gasteiger partial charge in [0.25, 0.3) is 0 Å². The summed E-state index contributed by atoms with van der Waals surface area (Å²) in [6.07, 6.45) is 2.41. The van der Waals surface area contributed by atoms with Crippen LogP contribution in [0.25, 0.3) is 10.9 Å². The summed E-state index contributed by atoms with van der Waals surface area (Å²) in [7, 11) is 1.56. The molecular weight excluding hydrogens is 323 g/mol. The number of hydrogen-bond donors (Lipinski definition) is 1. The van der Waals surface area contributed by atoms with Crippen molar-refractivity contribution in [3.63, 3.8) is 0 Å². The topological polar surface area (TPSA) is 60.3 Å². The summed E-state index contributed by atoms with van der Waals surface area (Å²) < 4.78 is 19.8. The molecule has 0 unspecified atom stereocenters. The highest BCUT2D eigenvalue weighted by atomic mass is 19.1. The Bertz CT molecular complexity index is 916. The Morgan fingerprint density at radius 1 is 1.24 bits per heavy atom. The molecule has 3 aromatic rings. The molecule has 0 saturated heterocycles. The average Bonchev–Trinajstić information content (AvgIpc) is 2.98. The highest BCUT2D eigenvalue weighted by molar-refractivity contribution is 5.98. The standard InChI is InChI=1S/C19H17FN2O3/c1-25-16-6-7-18-17(8-16)14(12-23)10-22(18)11-19(24)21-9-13-2-4-15(20)5-3-13/h2-8,10,12H,9,11H2,1H3,(H,21,24). The van der Waals surface area contributed by atoms with Gasteiger partial charge in [0.1, 0.15) is 18.1 Å². The van der Waals surface area contributed by atoms with Crippen molar-refractivity contribution in [2.75, 3.05) is 7.11 Å². The molecule has 25 heavy (non-hydrogen) atoms. The lowest BCUT2D eigenvalue weighted by atomic mass is 10.2. The summed E-state index contributed by atoms with van der Waals surface area (Å²) in [4.78, 5) is 23.5. The number of aldehydes is 1. The van der Waals surface area contributed by atoms with Crippen molar-refractivity contribution in [1.82, 2.24) is 9.88 Å². The van der Waals surface area contributed by atoms with Gasteiger partial charge >= 0.3 is 0 Å². The molecule has 0 atom stereocenters. The Morgan fingerprint density at radius 2 is 2.00 bits per heavy atom. The summed E-state index contributed by atoms with van der Waals surface area (Å²) in [5.74, 6) is 0.134. The average molecular weight is 340 g/mol. The van der Waals surface area contributed by atoms with Crippen LogP contribution in [0.4, 0.5) is 4.39 Å². The maximum absolute atomic E-state index is 12.9. The monoisotopic (exact) mass is 340 g/mol. The van der Waals surface area contributed by atoms with Crippen LogP contribution in [0.1, 0.15) is 15.9 Å². The molecule has 2 aromatic carbocycles. The molecule has 0 fully saturated rings. The summed E-state index contributed by atoms with van der Waals surface area (Å²) in [5.41, 5.74) is 2.09. The number of aromatic nitrogens is 1. The van der Waals surface area contributed by atoms with Crippen LogP contribution in [0.3, 0.4) is 0 Å². The molecule has 6 heteroatoms. The van der Waals surface area contributed by atoms with Gasteiger partial charge in [-0.05, 0) is 35.9 Å². The SMILES string of the molecule is COc1ccc2c(c1)c(C=O)cn2CC(=O)NCc1ccc(F)cc1. The summed E-state index contributed by atoms with van der Waals surface area (Å²) in [5, 5.41) is 3.52. The third kappa shape index (κ3) is 3.68. The molecule has 0 bridgehead atoms. The molecule has 1 aromatic heterocycles. The van der Waals surface area contributed by atoms with Crippen LogP contribution in [0.2, 0.25) is 0 Å². The Kier molecular flexibility index (Phi) is 4.79. The van der Waals surface area contributed by atoms with Crippen molar-refractivity contribution >= 4 is 23.1 Å². The minimum Gasteiger partial charge on any atom is -0.497 e. The van der Waals surface area contributed by atoms with Crippen LogP contribution in [0, 0.1) is 5.82 Å². The van der Waals surface area contributed by atoms with Gasteiger partial charge in [0.15, 0.2) is 6.29 Å². The van der Waals surface area contributed by atoms with E-state index in [-0.39, 0.29) is 18.3 Å². The molecule has 5 nitrogen and oxygen atoms in total. The van der Waals surface area contributed by atoms with Gasteiger partial charge in [0, 0.05) is 29.2 Å². The summed E-state index contributed by atoms with van der Waals surface area (Å²) in [6.45, 7) is 0.393. The molecule has 1 N–H and O–H groups in total. The number of methoxy groups -OCH3 is 1. The normalized spacial score (nSPS) is 10.6. The highest BCUT2D eigenvalue weighted by Gasteiger charge is 2.12. The van der Waals surface area contributed by atoms with Gasteiger partial charge < -0.3 is 14.6 Å². The smallest absolute Gasteiger partial charge is 0.240 e. The molecule has 1 heterocycles. The molecule has 0 aliphatic rings. The van der Waals surface area contributed by atoms with Crippen molar-refractivity contribution in [3.05, 3.63) is 65.6 Å². The fourth-order valence-corrected chi connectivity index (χ4v) is 2.67. The van der Waals surface area contributed by atoms with E-state index in [4.69, 9.17) is 4.74 Å². The van der Waals surface area contributed by atoms with E-state index < -0.39 is 0 Å². The first kappa shape index (κ1) is 16.7. The minimum absolute atomic E-state index is 0.0812. The molecule has 0 spiro atoms. The van der Waals surface area contributed by atoms with E-state index in [1.54, 1.807) is 42.1 Å². The van der Waals surface area contributed by atoms with Crippen molar-refractivity contribution in [3.8, 4) is 5.75 Å². The summed E-state index contributed by atoms with van der Waals surface area (Å²) >= 11 is 0. The van der Waals surface area contributed by atoms with Gasteiger partial charge in [0.2, 0.25) is 5.91 Å². The Hall–Kier alpha value is -3.15. The molecular formula is C19H17FN2O3. The van der Waals surface area contributed by atoms with Crippen LogP contribution < -0.4 is 10.1 Å². The minimum atomic E-state index is -0.314. The van der Waals surface area contributed by atoms with Gasteiger partial charge in [0.05, 0.1) is 7.11 Å². The van der Waals surface area contributed by atoms with Crippen molar-refractivity contribution in [2.45, 2.75) is 13.1 Å². The maximum atomic E-state index is 12.9. The number of carbonyl (C=O) groups excluding carboxylic acids is 2. The molecule has 0 saturated carbocycles. The predicted octanol–water partition coefficient (Wildman–Crippen LogP) is 2.92. The van der Waals surface area contributed by atoms with Crippen molar-refractivity contribution < 1.29 is 18.7 Å². The first-order chi connectivity index (χ1) is 12.1. The number of ether oxygens (including phenoxy) is 1. The second kappa shape index (κ2) is 7.17. The van der Waals surface area contributed by atoms with E-state index in [1.165, 1.54) is 12.1 Å². The van der Waals surface area contributed by atoms with E-state index in [2.05, 4.69) is 5.32 Å². The fraction of sp³-hybridized carbons (Fsp3) is 0.158. The number of halogens is 1. The van der Waals surface area contributed by atoms with Crippen LogP contribution in [0.15, 0.2) is 48.7 Å². The predicted molar refractivity (Wildman–Crippen MR) is 92.1 cm³/mol. The maximum Gasteiger partial charge on any atom is 0.240 e. The number of carbonyl (C=O) groups is 2. The molecule has 0 aliphatic heterocycles. The van der Waals surface area contributed by atoms with Gasteiger partial charge in [-0.15, -0.1) is 0 Å². The zero-order valence-corrected chi connectivity index (χ0v) is 13.7. The zero-order valence-electron chi connectivity index (χ0n) is 13.7. The second-order valence-corrected chi connectivity index (χ2v) is 5.62. The van der Waals surface area contributed by atoms with E-state index in [0.29, 0.717) is 17.9 Å². The molecule has 3 rings (SSSR count).